The minimum Gasteiger partial charge on any atom is -0.136 e. The van der Waals surface area contributed by atoms with Gasteiger partial charge in [0.15, 0.2) is 10.3 Å². The van der Waals surface area contributed by atoms with Crippen LogP contribution < -0.4 is 0 Å². The molecule has 0 aliphatic carbocycles. The largest absolute Gasteiger partial charge is 0.159 e. The van der Waals surface area contributed by atoms with Gasteiger partial charge in [0, 0.05) is 11.1 Å². The molecule has 0 fully saturated rings. The van der Waals surface area contributed by atoms with Gasteiger partial charge in [-0.05, 0) is 12.5 Å². The van der Waals surface area contributed by atoms with Crippen molar-refractivity contribution in [2.75, 3.05) is 0 Å². The highest BCUT2D eigenvalue weighted by atomic mass is 35.5. The van der Waals surface area contributed by atoms with Crippen LogP contribution in [0.5, 0.6) is 0 Å². The van der Waals surface area contributed by atoms with Crippen LogP contribution in [0, 0.1) is 6.92 Å². The van der Waals surface area contributed by atoms with E-state index in [4.69, 9.17) is 23.2 Å². The predicted molar refractivity (Wildman–Crippen MR) is 82.4 cm³/mol. The molecule has 0 heterocycles. The van der Waals surface area contributed by atoms with Gasteiger partial charge in [-0.25, -0.2) is 0 Å². The molecule has 96 valence electrons. The van der Waals surface area contributed by atoms with Gasteiger partial charge >= 0.3 is 0 Å². The van der Waals surface area contributed by atoms with Gasteiger partial charge in [0.1, 0.15) is 0 Å². The van der Waals surface area contributed by atoms with Crippen LogP contribution in [0.3, 0.4) is 0 Å². The molecule has 0 radical (unpaired) electrons. The molecule has 4 heteroatoms. The first-order valence-electron chi connectivity index (χ1n) is 5.76. The Bertz CT molecular complexity index is 619. The zero-order valence-electron chi connectivity index (χ0n) is 10.3. The van der Waals surface area contributed by atoms with Gasteiger partial charge < -0.3 is 0 Å². The third-order valence-electron chi connectivity index (χ3n) is 2.60. The summed E-state index contributed by atoms with van der Waals surface area (Å²) < 4.78 is 0. The third-order valence-corrected chi connectivity index (χ3v) is 3.18. The summed E-state index contributed by atoms with van der Waals surface area (Å²) in [5, 5.41) is 8.56. The van der Waals surface area contributed by atoms with Crippen molar-refractivity contribution in [1.29, 1.82) is 0 Å². The van der Waals surface area contributed by atoms with Gasteiger partial charge in [-0.2, -0.15) is 0 Å². The lowest BCUT2D eigenvalue weighted by atomic mass is 10.1. The van der Waals surface area contributed by atoms with Gasteiger partial charge in [-0.1, -0.05) is 77.8 Å². The number of benzene rings is 2. The minimum atomic E-state index is 0.312. The Hall–Kier alpha value is -1.64. The van der Waals surface area contributed by atoms with E-state index in [1.165, 1.54) is 0 Å². The van der Waals surface area contributed by atoms with Crippen LogP contribution >= 0.6 is 23.2 Å². The van der Waals surface area contributed by atoms with E-state index in [0.29, 0.717) is 10.3 Å². The number of halogens is 2. The van der Waals surface area contributed by atoms with Gasteiger partial charge in [-0.3, -0.25) is 0 Å². The van der Waals surface area contributed by atoms with E-state index in [1.54, 1.807) is 0 Å². The highest BCUT2D eigenvalue weighted by Gasteiger charge is 2.03. The first kappa shape index (κ1) is 13.8. The molecule has 2 nitrogen and oxygen atoms in total. The summed E-state index contributed by atoms with van der Waals surface area (Å²) >= 11 is 12.2. The van der Waals surface area contributed by atoms with Crippen molar-refractivity contribution in [3.8, 4) is 0 Å². The first-order chi connectivity index (χ1) is 9.18. The summed E-state index contributed by atoms with van der Waals surface area (Å²) in [5.74, 6) is 0. The number of nitrogens with zero attached hydrogens (tertiary/aromatic N) is 2. The molecule has 0 amide bonds. The maximum absolute atomic E-state index is 6.13. The van der Waals surface area contributed by atoms with Gasteiger partial charge in [0.2, 0.25) is 0 Å². The molecule has 0 aromatic heterocycles. The number of hydrogen-bond acceptors (Lipinski definition) is 2. The second kappa shape index (κ2) is 6.50. The number of aryl methyl sites for hydroxylation is 1. The van der Waals surface area contributed by atoms with Crippen molar-refractivity contribution >= 4 is 33.5 Å². The quantitative estimate of drug-likeness (QED) is 0.584. The first-order valence-corrected chi connectivity index (χ1v) is 6.52. The molecule has 0 aliphatic heterocycles. The fourth-order valence-corrected chi connectivity index (χ4v) is 1.99. The number of rotatable bonds is 3. The topological polar surface area (TPSA) is 24.7 Å². The predicted octanol–water partition coefficient (Wildman–Crippen LogP) is 4.58. The van der Waals surface area contributed by atoms with Crippen LogP contribution in [0.15, 0.2) is 64.8 Å². The lowest BCUT2D eigenvalue weighted by molar-refractivity contribution is 1.25. The highest BCUT2D eigenvalue weighted by molar-refractivity contribution is 6.71. The molecule has 0 bridgehead atoms. The Labute approximate surface area is 122 Å². The lowest BCUT2D eigenvalue weighted by Gasteiger charge is -2.01. The second-order valence-corrected chi connectivity index (χ2v) is 4.68. The van der Waals surface area contributed by atoms with E-state index in [9.17, 15) is 0 Å². The Balaban J connectivity index is 2.25. The number of hydrogen-bond donors (Lipinski definition) is 0. The van der Waals surface area contributed by atoms with Crippen molar-refractivity contribution in [3.63, 3.8) is 0 Å². The van der Waals surface area contributed by atoms with E-state index in [1.807, 2.05) is 61.5 Å². The molecule has 2 rings (SSSR count). The average molecular weight is 291 g/mol. The van der Waals surface area contributed by atoms with E-state index in [0.717, 1.165) is 16.7 Å². The van der Waals surface area contributed by atoms with Crippen LogP contribution in [-0.2, 0) is 0 Å². The summed E-state index contributed by atoms with van der Waals surface area (Å²) in [4.78, 5) is 0. The van der Waals surface area contributed by atoms with Crippen LogP contribution in [0.4, 0.5) is 0 Å². The van der Waals surface area contributed by atoms with Crippen molar-refractivity contribution in [2.24, 2.45) is 10.2 Å². The zero-order chi connectivity index (χ0) is 13.7. The van der Waals surface area contributed by atoms with E-state index >= 15 is 0 Å². The summed E-state index contributed by atoms with van der Waals surface area (Å²) in [6.45, 7) is 1.97. The van der Waals surface area contributed by atoms with E-state index in [2.05, 4.69) is 10.2 Å². The molecule has 2 aromatic rings. The Morgan fingerprint density at radius 2 is 1.37 bits per heavy atom. The molecule has 0 saturated heterocycles. The lowest BCUT2D eigenvalue weighted by Crippen LogP contribution is -1.95. The summed E-state index contributed by atoms with van der Waals surface area (Å²) in [6, 6.07) is 17.1. The molecule has 2 aromatic carbocycles. The van der Waals surface area contributed by atoms with E-state index in [-0.39, 0.29) is 0 Å². The third kappa shape index (κ3) is 3.66. The highest BCUT2D eigenvalue weighted by Crippen LogP contribution is 2.12. The smallest absolute Gasteiger partial charge is 0.136 e. The maximum Gasteiger partial charge on any atom is 0.159 e. The molecule has 0 spiro atoms. The monoisotopic (exact) mass is 290 g/mol. The van der Waals surface area contributed by atoms with Crippen molar-refractivity contribution < 1.29 is 0 Å². The Morgan fingerprint density at radius 1 is 0.789 bits per heavy atom. The van der Waals surface area contributed by atoms with Crippen molar-refractivity contribution in [3.05, 3.63) is 71.3 Å². The second-order valence-electron chi connectivity index (χ2n) is 3.96. The van der Waals surface area contributed by atoms with Gasteiger partial charge in [0.05, 0.1) is 0 Å². The molecule has 0 atom stereocenters. The zero-order valence-corrected chi connectivity index (χ0v) is 11.9. The fraction of sp³-hybridized carbons (Fsp3) is 0.0667. The molecular weight excluding hydrogens is 279 g/mol. The van der Waals surface area contributed by atoms with Gasteiger partial charge in [0.25, 0.3) is 0 Å². The molecule has 0 unspecified atom stereocenters. The standard InChI is InChI=1S/C15H12Cl2N2/c1-11-7-5-6-10-13(11)15(17)19-18-14(16)12-8-3-2-4-9-12/h2-10H,1H3/b18-14-,19-15-. The Kier molecular flexibility index (Phi) is 4.72. The van der Waals surface area contributed by atoms with Gasteiger partial charge in [-0.15, -0.1) is 10.2 Å². The molecular formula is C15H12Cl2N2. The summed E-state index contributed by atoms with van der Waals surface area (Å²) in [7, 11) is 0. The summed E-state index contributed by atoms with van der Waals surface area (Å²) in [5.41, 5.74) is 2.70. The molecule has 0 aliphatic rings. The molecule has 0 N–H and O–H groups in total. The fourth-order valence-electron chi connectivity index (χ4n) is 1.58. The minimum absolute atomic E-state index is 0.312. The Morgan fingerprint density at radius 3 is 2.05 bits per heavy atom. The average Bonchev–Trinajstić information content (AvgIpc) is 2.46. The molecule has 0 saturated carbocycles. The van der Waals surface area contributed by atoms with Crippen LogP contribution in [-0.4, -0.2) is 10.3 Å². The SMILES string of the molecule is Cc1ccccc1/C(Cl)=N/N=C(\Cl)c1ccccc1. The van der Waals surface area contributed by atoms with E-state index < -0.39 is 0 Å². The van der Waals surface area contributed by atoms with Crippen LogP contribution in [0.2, 0.25) is 0 Å². The van der Waals surface area contributed by atoms with Crippen molar-refractivity contribution in [2.45, 2.75) is 6.92 Å². The summed E-state index contributed by atoms with van der Waals surface area (Å²) in [6.07, 6.45) is 0. The van der Waals surface area contributed by atoms with Crippen LogP contribution in [0.1, 0.15) is 16.7 Å². The molecule has 19 heavy (non-hydrogen) atoms. The normalized spacial score (nSPS) is 12.6. The van der Waals surface area contributed by atoms with Crippen LogP contribution in [0.25, 0.3) is 0 Å². The van der Waals surface area contributed by atoms with Crippen molar-refractivity contribution in [1.82, 2.24) is 0 Å². The maximum atomic E-state index is 6.13.